The van der Waals surface area contributed by atoms with Crippen LogP contribution in [0.15, 0.2) is 67.0 Å². The average Bonchev–Trinajstić information content (AvgIpc) is 3.33. The Kier molecular flexibility index (Phi) is 8.77. The molecule has 3 aromatic rings. The zero-order valence-corrected chi connectivity index (χ0v) is 23.3. The van der Waals surface area contributed by atoms with Crippen molar-refractivity contribution in [3.8, 4) is 0 Å². The molecule has 5 rings (SSSR count). The van der Waals surface area contributed by atoms with Gasteiger partial charge in [-0.05, 0) is 49.6 Å². The maximum absolute atomic E-state index is 14.5. The number of hydrogen-bond donors (Lipinski definition) is 1. The standard InChI is InChI=1S/C30H29ClF3N5O3/c31-24-8-2-1-7-23(24)27(28(42)37-20-11-13-30(33,34)14-12-20)38(21-6-3-5-19(32)17-21)26(41)18-22-9-10-25(40)39(22)29-35-15-4-16-36-29/h1-8,15-17,20,22,27H,9-14,18H2,(H,37,42)/t22-,27+/m0/s1. The Balaban J connectivity index is 1.51. The van der Waals surface area contributed by atoms with Gasteiger partial charge < -0.3 is 5.32 Å². The van der Waals surface area contributed by atoms with Crippen molar-refractivity contribution >= 4 is 41.0 Å². The van der Waals surface area contributed by atoms with Gasteiger partial charge in [0, 0.05) is 66.4 Å². The molecule has 0 spiro atoms. The number of anilines is 2. The van der Waals surface area contributed by atoms with Crippen molar-refractivity contribution in [2.45, 2.75) is 69.0 Å². The van der Waals surface area contributed by atoms with Crippen molar-refractivity contribution in [3.63, 3.8) is 0 Å². The van der Waals surface area contributed by atoms with Crippen LogP contribution in [0.4, 0.5) is 24.8 Å². The van der Waals surface area contributed by atoms with Gasteiger partial charge in [-0.2, -0.15) is 0 Å². The Hall–Kier alpha value is -3.99. The van der Waals surface area contributed by atoms with Gasteiger partial charge in [-0.15, -0.1) is 0 Å². The second kappa shape index (κ2) is 12.5. The lowest BCUT2D eigenvalue weighted by Crippen LogP contribution is -2.49. The molecule has 12 heteroatoms. The van der Waals surface area contributed by atoms with E-state index in [0.29, 0.717) is 6.42 Å². The van der Waals surface area contributed by atoms with Crippen LogP contribution in [-0.4, -0.2) is 45.7 Å². The maximum atomic E-state index is 14.5. The van der Waals surface area contributed by atoms with Crippen molar-refractivity contribution in [2.24, 2.45) is 0 Å². The molecule has 1 saturated carbocycles. The largest absolute Gasteiger partial charge is 0.351 e. The Morgan fingerprint density at radius 2 is 1.76 bits per heavy atom. The molecule has 42 heavy (non-hydrogen) atoms. The molecule has 2 heterocycles. The SMILES string of the molecule is O=C(NC1CCC(F)(F)CC1)[C@@H](c1ccccc1Cl)N(C(=O)C[C@@H]1CCC(=O)N1c1ncccn1)c1cccc(F)c1. The Labute approximate surface area is 245 Å². The molecule has 2 aromatic carbocycles. The van der Waals surface area contributed by atoms with Crippen molar-refractivity contribution in [1.29, 1.82) is 0 Å². The summed E-state index contributed by atoms with van der Waals surface area (Å²) in [6.45, 7) is 0. The molecule has 220 valence electrons. The summed E-state index contributed by atoms with van der Waals surface area (Å²) in [5.74, 6) is -4.72. The molecule has 2 atom stereocenters. The van der Waals surface area contributed by atoms with E-state index in [4.69, 9.17) is 11.6 Å². The molecule has 1 N–H and O–H groups in total. The van der Waals surface area contributed by atoms with E-state index < -0.39 is 41.7 Å². The van der Waals surface area contributed by atoms with Gasteiger partial charge in [0.1, 0.15) is 11.9 Å². The number of nitrogens with one attached hydrogen (secondary N) is 1. The third kappa shape index (κ3) is 6.56. The van der Waals surface area contributed by atoms with Crippen LogP contribution in [0, 0.1) is 5.82 Å². The van der Waals surface area contributed by atoms with Crippen LogP contribution in [0.2, 0.25) is 5.02 Å². The predicted molar refractivity (Wildman–Crippen MR) is 151 cm³/mol. The number of halogens is 4. The number of carbonyl (C=O) groups excluding carboxylic acids is 3. The van der Waals surface area contributed by atoms with Crippen LogP contribution in [-0.2, 0) is 14.4 Å². The molecular weight excluding hydrogens is 571 g/mol. The van der Waals surface area contributed by atoms with Crippen LogP contribution in [0.3, 0.4) is 0 Å². The summed E-state index contributed by atoms with van der Waals surface area (Å²) in [5.41, 5.74) is 0.378. The van der Waals surface area contributed by atoms with E-state index in [2.05, 4.69) is 15.3 Å². The molecule has 2 aliphatic rings. The van der Waals surface area contributed by atoms with E-state index in [9.17, 15) is 27.6 Å². The monoisotopic (exact) mass is 599 g/mol. The van der Waals surface area contributed by atoms with Gasteiger partial charge in [0.2, 0.25) is 29.6 Å². The van der Waals surface area contributed by atoms with E-state index in [-0.39, 0.29) is 66.7 Å². The quantitative estimate of drug-likeness (QED) is 0.362. The third-order valence-corrected chi connectivity index (χ3v) is 7.97. The van der Waals surface area contributed by atoms with Crippen LogP contribution >= 0.6 is 11.6 Å². The highest BCUT2D eigenvalue weighted by molar-refractivity contribution is 6.31. The van der Waals surface area contributed by atoms with E-state index in [0.717, 1.165) is 6.07 Å². The fourth-order valence-electron chi connectivity index (χ4n) is 5.55. The van der Waals surface area contributed by atoms with Crippen molar-refractivity contribution in [3.05, 3.63) is 83.4 Å². The highest BCUT2D eigenvalue weighted by atomic mass is 35.5. The maximum Gasteiger partial charge on any atom is 0.248 e. The fraction of sp³-hybridized carbons (Fsp3) is 0.367. The van der Waals surface area contributed by atoms with Gasteiger partial charge in [0.05, 0.1) is 0 Å². The van der Waals surface area contributed by atoms with Crippen molar-refractivity contribution < 1.29 is 27.6 Å². The molecule has 1 aliphatic carbocycles. The molecular formula is C30H29ClF3N5O3. The van der Waals surface area contributed by atoms with E-state index >= 15 is 0 Å². The van der Waals surface area contributed by atoms with Gasteiger partial charge >= 0.3 is 0 Å². The molecule has 1 saturated heterocycles. The van der Waals surface area contributed by atoms with Gasteiger partial charge in [-0.3, -0.25) is 24.2 Å². The van der Waals surface area contributed by atoms with Crippen LogP contribution in [0.5, 0.6) is 0 Å². The second-order valence-electron chi connectivity index (χ2n) is 10.5. The lowest BCUT2D eigenvalue weighted by Gasteiger charge is -2.35. The Morgan fingerprint density at radius 3 is 2.45 bits per heavy atom. The van der Waals surface area contributed by atoms with Crippen LogP contribution in [0.1, 0.15) is 56.6 Å². The summed E-state index contributed by atoms with van der Waals surface area (Å²) in [4.78, 5) is 51.8. The molecule has 1 aromatic heterocycles. The highest BCUT2D eigenvalue weighted by Crippen LogP contribution is 2.37. The first kappa shape index (κ1) is 29.5. The molecule has 0 unspecified atom stereocenters. The summed E-state index contributed by atoms with van der Waals surface area (Å²) in [5, 5.41) is 3.03. The predicted octanol–water partition coefficient (Wildman–Crippen LogP) is 5.62. The minimum Gasteiger partial charge on any atom is -0.351 e. The van der Waals surface area contributed by atoms with E-state index in [1.165, 1.54) is 40.4 Å². The second-order valence-corrected chi connectivity index (χ2v) is 10.9. The van der Waals surface area contributed by atoms with E-state index in [1.54, 1.807) is 30.3 Å². The number of aromatic nitrogens is 2. The average molecular weight is 600 g/mol. The minimum atomic E-state index is -2.79. The number of hydrogen-bond acceptors (Lipinski definition) is 5. The number of alkyl halides is 2. The Morgan fingerprint density at radius 1 is 1.05 bits per heavy atom. The molecule has 1 aliphatic heterocycles. The number of carbonyl (C=O) groups is 3. The topological polar surface area (TPSA) is 95.5 Å². The number of amides is 3. The number of rotatable bonds is 8. The van der Waals surface area contributed by atoms with Gasteiger partial charge in [0.25, 0.3) is 0 Å². The van der Waals surface area contributed by atoms with Gasteiger partial charge in [0.15, 0.2) is 0 Å². The molecule has 2 fully saturated rings. The minimum absolute atomic E-state index is 0.0676. The lowest BCUT2D eigenvalue weighted by molar-refractivity contribution is -0.128. The van der Waals surface area contributed by atoms with Crippen LogP contribution in [0.25, 0.3) is 0 Å². The zero-order chi connectivity index (χ0) is 29.9. The number of benzene rings is 2. The molecule has 0 bridgehead atoms. The summed E-state index contributed by atoms with van der Waals surface area (Å²) in [6, 6.07) is 10.8. The first-order chi connectivity index (χ1) is 20.1. The first-order valence-electron chi connectivity index (χ1n) is 13.7. The zero-order valence-electron chi connectivity index (χ0n) is 22.6. The van der Waals surface area contributed by atoms with Crippen LogP contribution < -0.4 is 15.1 Å². The number of nitrogens with zero attached hydrogens (tertiary/aromatic N) is 4. The first-order valence-corrected chi connectivity index (χ1v) is 14.1. The fourth-order valence-corrected chi connectivity index (χ4v) is 5.79. The molecule has 8 nitrogen and oxygen atoms in total. The normalized spacial score (nSPS) is 19.4. The summed E-state index contributed by atoms with van der Waals surface area (Å²) in [6.07, 6.45) is 2.69. The van der Waals surface area contributed by atoms with Crippen molar-refractivity contribution in [2.75, 3.05) is 9.80 Å². The summed E-state index contributed by atoms with van der Waals surface area (Å²) < 4.78 is 42.1. The molecule has 3 amide bonds. The molecule has 0 radical (unpaired) electrons. The van der Waals surface area contributed by atoms with Crippen molar-refractivity contribution in [1.82, 2.24) is 15.3 Å². The van der Waals surface area contributed by atoms with E-state index in [1.807, 2.05) is 0 Å². The van der Waals surface area contributed by atoms with Gasteiger partial charge in [-0.1, -0.05) is 35.9 Å². The third-order valence-electron chi connectivity index (χ3n) is 7.63. The summed E-state index contributed by atoms with van der Waals surface area (Å²) >= 11 is 6.54. The lowest BCUT2D eigenvalue weighted by atomic mass is 9.91. The Bertz CT molecular complexity index is 1450. The summed E-state index contributed by atoms with van der Waals surface area (Å²) in [7, 11) is 0. The smallest absolute Gasteiger partial charge is 0.248 e. The highest BCUT2D eigenvalue weighted by Gasteiger charge is 2.41. The van der Waals surface area contributed by atoms with Gasteiger partial charge in [-0.25, -0.2) is 23.1 Å².